The quantitative estimate of drug-likeness (QED) is 0.444. The van der Waals surface area contributed by atoms with Gasteiger partial charge in [0.05, 0.1) is 0 Å². The number of hydrogen-bond donors (Lipinski definition) is 2. The summed E-state index contributed by atoms with van der Waals surface area (Å²) in [6.07, 6.45) is 2.30. The van der Waals surface area contributed by atoms with Crippen LogP contribution in [0, 0.1) is 13.7 Å². The second-order valence-electron chi connectivity index (χ2n) is 0.582. The molecule has 9 heavy (non-hydrogen) atoms. The molecule has 6 heteroatoms. The third-order valence-corrected chi connectivity index (χ3v) is 0. The first-order valence-electron chi connectivity index (χ1n) is 1.25. The average Bonchev–Trinajstić information content (AvgIpc) is 1.36. The van der Waals surface area contributed by atoms with Crippen LogP contribution in [0.25, 0.3) is 0 Å². The summed E-state index contributed by atoms with van der Waals surface area (Å²) in [5, 5.41) is 7.00. The van der Waals surface area contributed by atoms with Crippen LogP contribution in [0.5, 0.6) is 0 Å². The molecule has 0 spiro atoms. The Bertz CT molecular complexity index is 99.0. The molecule has 0 saturated carbocycles. The molecule has 2 N–H and O–H groups in total. The van der Waals surface area contributed by atoms with Crippen LogP contribution in [0.15, 0.2) is 0 Å². The zero-order chi connectivity index (χ0) is 6.50. The predicted molar refractivity (Wildman–Crippen MR) is 31.5 cm³/mol. The SMILES string of the molecule is CO.[CH2-]S(=O)(=O)O.[CH3-].[Y]. The standard InChI is InChI=1S/CH3O3S.CH4O.CH3.Y/c1-5(2,3)4;1-2;;/h1H2,(H,2,3,4);2H,1H3;1H3;/q-1;;-1;. The Morgan fingerprint density at radius 2 is 1.33 bits per heavy atom. The van der Waals surface area contributed by atoms with Gasteiger partial charge in [-0.25, -0.2) is 8.42 Å². The Hall–Kier alpha value is 0.974. The van der Waals surface area contributed by atoms with Crippen LogP contribution in [0.2, 0.25) is 0 Å². The van der Waals surface area contributed by atoms with Crippen molar-refractivity contribution >= 4 is 10.1 Å². The Kier molecular flexibility index (Phi) is 29.3. The zero-order valence-corrected chi connectivity index (χ0v) is 9.06. The molecule has 0 amide bonds. The summed E-state index contributed by atoms with van der Waals surface area (Å²) in [6.45, 7) is 0. The van der Waals surface area contributed by atoms with Crippen LogP contribution < -0.4 is 0 Å². The van der Waals surface area contributed by atoms with E-state index in [9.17, 15) is 0 Å². The molecular formula is C3H10O4SY-2. The van der Waals surface area contributed by atoms with Crippen LogP contribution in [0.1, 0.15) is 0 Å². The Morgan fingerprint density at radius 1 is 1.33 bits per heavy atom. The van der Waals surface area contributed by atoms with E-state index >= 15 is 0 Å². The molecule has 0 aromatic heterocycles. The first-order chi connectivity index (χ1) is 3.00. The molecule has 0 unspecified atom stereocenters. The van der Waals surface area contributed by atoms with Crippen molar-refractivity contribution in [3.63, 3.8) is 0 Å². The van der Waals surface area contributed by atoms with Crippen molar-refractivity contribution in [3.05, 3.63) is 13.7 Å². The molecule has 0 saturated heterocycles. The molecule has 0 aliphatic heterocycles. The molecular weight excluding hydrogens is 221 g/mol. The summed E-state index contributed by atoms with van der Waals surface area (Å²) in [7, 11) is -2.92. The van der Waals surface area contributed by atoms with Crippen LogP contribution in [-0.4, -0.2) is 25.2 Å². The van der Waals surface area contributed by atoms with E-state index in [4.69, 9.17) is 18.1 Å². The molecule has 0 aromatic rings. The second-order valence-corrected chi connectivity index (χ2v) is 1.75. The van der Waals surface area contributed by atoms with Gasteiger partial charge in [-0.3, -0.25) is 0 Å². The summed E-state index contributed by atoms with van der Waals surface area (Å²) in [4.78, 5) is 0. The fourth-order valence-electron chi connectivity index (χ4n) is 0. The van der Waals surface area contributed by atoms with Gasteiger partial charge in [0.1, 0.15) is 10.1 Å². The Morgan fingerprint density at radius 3 is 1.33 bits per heavy atom. The van der Waals surface area contributed by atoms with Crippen molar-refractivity contribution in [2.24, 2.45) is 0 Å². The van der Waals surface area contributed by atoms with E-state index < -0.39 is 10.1 Å². The second kappa shape index (κ2) is 11.7. The van der Waals surface area contributed by atoms with Crippen molar-refractivity contribution < 1.29 is 50.8 Å². The van der Waals surface area contributed by atoms with Crippen LogP contribution >= 0.6 is 0 Å². The van der Waals surface area contributed by atoms with Crippen molar-refractivity contribution in [1.29, 1.82) is 0 Å². The molecule has 1 radical (unpaired) electrons. The maximum Gasteiger partial charge on any atom is 0.131 e. The van der Waals surface area contributed by atoms with Gasteiger partial charge in [0.25, 0.3) is 0 Å². The van der Waals surface area contributed by atoms with E-state index in [1.54, 1.807) is 0 Å². The molecule has 0 rings (SSSR count). The molecule has 0 atom stereocenters. The van der Waals surface area contributed by atoms with Gasteiger partial charge < -0.3 is 17.1 Å². The van der Waals surface area contributed by atoms with E-state index in [2.05, 4.69) is 6.26 Å². The average molecular weight is 231 g/mol. The van der Waals surface area contributed by atoms with Gasteiger partial charge in [-0.1, -0.05) is 0 Å². The zero-order valence-electron chi connectivity index (χ0n) is 5.40. The summed E-state index contributed by atoms with van der Waals surface area (Å²) in [5.74, 6) is 0. The fraction of sp³-hybridized carbons (Fsp3) is 0.333. The molecule has 0 fully saturated rings. The third kappa shape index (κ3) is 460. The summed E-state index contributed by atoms with van der Waals surface area (Å²) in [5.41, 5.74) is 0. The van der Waals surface area contributed by atoms with E-state index in [-0.39, 0.29) is 40.1 Å². The monoisotopic (exact) mass is 231 g/mol. The topological polar surface area (TPSA) is 74.6 Å². The van der Waals surface area contributed by atoms with Gasteiger partial charge in [-0.15, -0.1) is 0 Å². The summed E-state index contributed by atoms with van der Waals surface area (Å²) < 4.78 is 25.5. The van der Waals surface area contributed by atoms with Crippen molar-refractivity contribution in [1.82, 2.24) is 0 Å². The van der Waals surface area contributed by atoms with E-state index in [1.165, 1.54) is 0 Å². The summed E-state index contributed by atoms with van der Waals surface area (Å²) >= 11 is 0. The number of hydrogen-bond acceptors (Lipinski definition) is 3. The minimum absolute atomic E-state index is 0. The molecule has 0 aliphatic carbocycles. The van der Waals surface area contributed by atoms with Gasteiger partial charge >= 0.3 is 0 Å². The van der Waals surface area contributed by atoms with Crippen LogP contribution in [-0.2, 0) is 42.8 Å². The number of aliphatic hydroxyl groups is 1. The minimum Gasteiger partial charge on any atom is -0.400 e. The van der Waals surface area contributed by atoms with Crippen LogP contribution in [0.3, 0.4) is 0 Å². The van der Waals surface area contributed by atoms with Gasteiger partial charge in [0, 0.05) is 39.8 Å². The van der Waals surface area contributed by atoms with E-state index in [0.29, 0.717) is 0 Å². The van der Waals surface area contributed by atoms with Crippen molar-refractivity contribution in [2.75, 3.05) is 7.11 Å². The molecule has 57 valence electrons. The van der Waals surface area contributed by atoms with E-state index in [0.717, 1.165) is 7.11 Å². The maximum absolute atomic E-state index is 9.08. The smallest absolute Gasteiger partial charge is 0.131 e. The molecule has 0 aromatic carbocycles. The Balaban J connectivity index is -0.0000000286. The normalized spacial score (nSPS) is 7.11. The third-order valence-electron chi connectivity index (χ3n) is 0. The summed E-state index contributed by atoms with van der Waals surface area (Å²) in [6, 6.07) is 0. The first-order valence-corrected chi connectivity index (χ1v) is 2.86. The molecule has 0 bridgehead atoms. The van der Waals surface area contributed by atoms with Gasteiger partial charge in [-0.2, -0.15) is 6.26 Å². The van der Waals surface area contributed by atoms with Gasteiger partial charge in [0.15, 0.2) is 0 Å². The van der Waals surface area contributed by atoms with Crippen molar-refractivity contribution in [2.45, 2.75) is 0 Å². The molecule has 0 heterocycles. The van der Waals surface area contributed by atoms with Gasteiger partial charge in [0.2, 0.25) is 0 Å². The Labute approximate surface area is 81.3 Å². The fourth-order valence-corrected chi connectivity index (χ4v) is 0. The number of rotatable bonds is 0. The molecule has 0 aliphatic rings. The molecule has 4 nitrogen and oxygen atoms in total. The van der Waals surface area contributed by atoms with Crippen molar-refractivity contribution in [3.8, 4) is 0 Å². The maximum atomic E-state index is 9.08. The predicted octanol–water partition coefficient (Wildman–Crippen LogP) is -0.278. The van der Waals surface area contributed by atoms with E-state index in [1.807, 2.05) is 0 Å². The number of aliphatic hydroxyl groups excluding tert-OH is 1. The van der Waals surface area contributed by atoms with Crippen LogP contribution in [0.4, 0.5) is 0 Å². The first kappa shape index (κ1) is 22.5. The minimum atomic E-state index is -3.92. The van der Waals surface area contributed by atoms with Gasteiger partial charge in [-0.05, 0) is 0 Å². The largest absolute Gasteiger partial charge is 0.400 e.